The van der Waals surface area contributed by atoms with Gasteiger partial charge in [-0.25, -0.2) is 0 Å². The van der Waals surface area contributed by atoms with Crippen LogP contribution < -0.4 is 5.32 Å². The summed E-state index contributed by atoms with van der Waals surface area (Å²) in [6.45, 7) is 11.3. The summed E-state index contributed by atoms with van der Waals surface area (Å²) in [6, 6.07) is 9.07. The molecule has 0 radical (unpaired) electrons. The monoisotopic (exact) mass is 249 g/mol. The lowest BCUT2D eigenvalue weighted by molar-refractivity contribution is 0.452. The van der Waals surface area contributed by atoms with Gasteiger partial charge in [-0.15, -0.1) is 11.8 Å². The van der Waals surface area contributed by atoms with Crippen molar-refractivity contribution in [1.29, 1.82) is 0 Å². The van der Waals surface area contributed by atoms with Crippen LogP contribution in [0.2, 0.25) is 0 Å². The van der Waals surface area contributed by atoms with E-state index in [1.165, 1.54) is 16.9 Å². The Balaban J connectivity index is 2.14. The zero-order valence-electron chi connectivity index (χ0n) is 11.5. The van der Waals surface area contributed by atoms with E-state index >= 15 is 0 Å². The van der Waals surface area contributed by atoms with Gasteiger partial charge in [-0.05, 0) is 30.4 Å². The van der Waals surface area contributed by atoms with E-state index in [1.807, 2.05) is 11.8 Å². The van der Waals surface area contributed by atoms with Crippen molar-refractivity contribution in [2.45, 2.75) is 50.9 Å². The van der Waals surface area contributed by atoms with Crippen molar-refractivity contribution >= 4 is 11.8 Å². The molecule has 1 aliphatic heterocycles. The van der Waals surface area contributed by atoms with Crippen LogP contribution in [0.3, 0.4) is 0 Å². The molecule has 1 aliphatic rings. The summed E-state index contributed by atoms with van der Waals surface area (Å²) < 4.78 is 0. The molecule has 1 heterocycles. The number of thioether (sulfide) groups is 1. The highest BCUT2D eigenvalue weighted by molar-refractivity contribution is 7.99. The van der Waals surface area contributed by atoms with Gasteiger partial charge < -0.3 is 0 Å². The minimum atomic E-state index is 0.244. The number of hydrogen-bond acceptors (Lipinski definition) is 2. The van der Waals surface area contributed by atoms with Crippen LogP contribution in [0.1, 0.15) is 51.1 Å². The van der Waals surface area contributed by atoms with Crippen LogP contribution >= 0.6 is 11.8 Å². The van der Waals surface area contributed by atoms with Gasteiger partial charge in [0.15, 0.2) is 0 Å². The van der Waals surface area contributed by atoms with Crippen LogP contribution in [-0.4, -0.2) is 11.3 Å². The van der Waals surface area contributed by atoms with Gasteiger partial charge in [0.1, 0.15) is 0 Å². The summed E-state index contributed by atoms with van der Waals surface area (Å²) >= 11 is 2.00. The second kappa shape index (κ2) is 4.33. The molecule has 1 atom stereocenters. The fourth-order valence-corrected chi connectivity index (χ4v) is 3.49. The summed E-state index contributed by atoms with van der Waals surface area (Å²) in [5, 5.41) is 4.13. The molecule has 1 saturated heterocycles. The molecule has 0 amide bonds. The van der Waals surface area contributed by atoms with E-state index in [2.05, 4.69) is 64.2 Å². The van der Waals surface area contributed by atoms with Crippen molar-refractivity contribution in [3.8, 4) is 0 Å². The number of hydrogen-bond donors (Lipinski definition) is 1. The first-order chi connectivity index (χ1) is 7.78. The maximum atomic E-state index is 3.67. The Bertz CT molecular complexity index is 386. The first kappa shape index (κ1) is 13.0. The molecule has 0 spiro atoms. The topological polar surface area (TPSA) is 12.0 Å². The van der Waals surface area contributed by atoms with E-state index in [-0.39, 0.29) is 11.0 Å². The smallest absolute Gasteiger partial charge is 0.0794 e. The summed E-state index contributed by atoms with van der Waals surface area (Å²) in [6.07, 6.45) is 0. The SMILES string of the molecule is CC1(C)CSC(c2ccc(C(C)(C)C)cc2)N1. The van der Waals surface area contributed by atoms with Crippen LogP contribution in [0.4, 0.5) is 0 Å². The third-order valence-corrected chi connectivity index (χ3v) is 4.82. The predicted octanol–water partition coefficient (Wildman–Crippen LogP) is 4.10. The fourth-order valence-electron chi connectivity index (χ4n) is 2.07. The molecule has 0 aliphatic carbocycles. The van der Waals surface area contributed by atoms with Crippen molar-refractivity contribution in [2.75, 3.05) is 5.75 Å². The van der Waals surface area contributed by atoms with Crippen molar-refractivity contribution in [3.63, 3.8) is 0 Å². The quantitative estimate of drug-likeness (QED) is 0.804. The van der Waals surface area contributed by atoms with Crippen LogP contribution in [-0.2, 0) is 5.41 Å². The van der Waals surface area contributed by atoms with E-state index in [0.717, 1.165) is 0 Å². The molecule has 2 rings (SSSR count). The average molecular weight is 249 g/mol. The summed E-state index contributed by atoms with van der Waals surface area (Å²) in [5.74, 6) is 1.18. The van der Waals surface area contributed by atoms with Gasteiger partial charge in [-0.3, -0.25) is 5.32 Å². The molecule has 1 nitrogen and oxygen atoms in total. The molecule has 1 unspecified atom stereocenters. The molecule has 1 fully saturated rings. The molecule has 0 saturated carbocycles. The first-order valence-corrected chi connectivity index (χ1v) is 7.33. The van der Waals surface area contributed by atoms with Gasteiger partial charge in [0.05, 0.1) is 5.37 Å². The third-order valence-electron chi connectivity index (χ3n) is 3.21. The first-order valence-electron chi connectivity index (χ1n) is 6.28. The molecule has 0 bridgehead atoms. The zero-order chi connectivity index (χ0) is 12.7. The second-order valence-electron chi connectivity index (χ2n) is 6.59. The minimum Gasteiger partial charge on any atom is -0.296 e. The van der Waals surface area contributed by atoms with E-state index < -0.39 is 0 Å². The van der Waals surface area contributed by atoms with Crippen LogP contribution in [0.5, 0.6) is 0 Å². The van der Waals surface area contributed by atoms with Gasteiger partial charge in [-0.1, -0.05) is 45.0 Å². The van der Waals surface area contributed by atoms with Crippen molar-refractivity contribution in [1.82, 2.24) is 5.32 Å². The molecular formula is C15H23NS. The van der Waals surface area contributed by atoms with Crippen molar-refractivity contribution in [3.05, 3.63) is 35.4 Å². The highest BCUT2D eigenvalue weighted by atomic mass is 32.2. The summed E-state index contributed by atoms with van der Waals surface area (Å²) in [7, 11) is 0. The molecule has 0 aromatic heterocycles. The van der Waals surface area contributed by atoms with Crippen LogP contribution in [0, 0.1) is 0 Å². The van der Waals surface area contributed by atoms with E-state index in [1.54, 1.807) is 0 Å². The molecule has 1 aromatic carbocycles. The molecular weight excluding hydrogens is 226 g/mol. The highest BCUT2D eigenvalue weighted by Crippen LogP contribution is 2.37. The van der Waals surface area contributed by atoms with Gasteiger partial charge in [0.25, 0.3) is 0 Å². The molecule has 1 aromatic rings. The number of rotatable bonds is 1. The standard InChI is InChI=1S/C15H23NS/c1-14(2,3)12-8-6-11(7-9-12)13-16-15(4,5)10-17-13/h6-9,13,16H,10H2,1-5H3. The Hall–Kier alpha value is -0.470. The van der Waals surface area contributed by atoms with Gasteiger partial charge >= 0.3 is 0 Å². The van der Waals surface area contributed by atoms with Gasteiger partial charge in [-0.2, -0.15) is 0 Å². The lowest BCUT2D eigenvalue weighted by Gasteiger charge is -2.21. The molecule has 94 valence electrons. The summed E-state index contributed by atoms with van der Waals surface area (Å²) in [5.41, 5.74) is 3.31. The zero-order valence-corrected chi connectivity index (χ0v) is 12.3. The molecule has 2 heteroatoms. The number of benzene rings is 1. The van der Waals surface area contributed by atoms with E-state index in [0.29, 0.717) is 5.37 Å². The normalized spacial score (nSPS) is 23.9. The molecule has 1 N–H and O–H groups in total. The average Bonchev–Trinajstić information content (AvgIpc) is 2.58. The predicted molar refractivity (Wildman–Crippen MR) is 77.6 cm³/mol. The Kier molecular flexibility index (Phi) is 3.30. The Labute approximate surface area is 109 Å². The third kappa shape index (κ3) is 3.05. The highest BCUT2D eigenvalue weighted by Gasteiger charge is 2.31. The van der Waals surface area contributed by atoms with Crippen LogP contribution in [0.25, 0.3) is 0 Å². The lowest BCUT2D eigenvalue weighted by Crippen LogP contribution is -2.35. The minimum absolute atomic E-state index is 0.244. The summed E-state index contributed by atoms with van der Waals surface area (Å²) in [4.78, 5) is 0. The Morgan fingerprint density at radius 3 is 2.18 bits per heavy atom. The Morgan fingerprint density at radius 2 is 1.76 bits per heavy atom. The fraction of sp³-hybridized carbons (Fsp3) is 0.600. The van der Waals surface area contributed by atoms with E-state index in [4.69, 9.17) is 0 Å². The van der Waals surface area contributed by atoms with Crippen LogP contribution in [0.15, 0.2) is 24.3 Å². The number of nitrogens with one attached hydrogen (secondary N) is 1. The molecule has 17 heavy (non-hydrogen) atoms. The van der Waals surface area contributed by atoms with Crippen molar-refractivity contribution in [2.24, 2.45) is 0 Å². The van der Waals surface area contributed by atoms with Gasteiger partial charge in [0, 0.05) is 11.3 Å². The maximum Gasteiger partial charge on any atom is 0.0794 e. The Morgan fingerprint density at radius 1 is 1.18 bits per heavy atom. The second-order valence-corrected chi connectivity index (χ2v) is 7.68. The maximum absolute atomic E-state index is 3.67. The van der Waals surface area contributed by atoms with Gasteiger partial charge in [0.2, 0.25) is 0 Å². The van der Waals surface area contributed by atoms with Crippen molar-refractivity contribution < 1.29 is 0 Å². The van der Waals surface area contributed by atoms with E-state index in [9.17, 15) is 0 Å². The largest absolute Gasteiger partial charge is 0.296 e. The lowest BCUT2D eigenvalue weighted by atomic mass is 9.86.